The van der Waals surface area contributed by atoms with Crippen LogP contribution in [-0.2, 0) is 19.8 Å². The molecule has 1 atom stereocenters. The van der Waals surface area contributed by atoms with Crippen molar-refractivity contribution in [1.29, 1.82) is 5.26 Å². The number of hydrogen-bond donors (Lipinski definition) is 2. The van der Waals surface area contributed by atoms with Gasteiger partial charge < -0.3 is 16.0 Å². The zero-order chi connectivity index (χ0) is 26.0. The van der Waals surface area contributed by atoms with Crippen molar-refractivity contribution >= 4 is 17.7 Å². The van der Waals surface area contributed by atoms with E-state index in [-0.39, 0.29) is 23.1 Å². The normalized spacial score (nSPS) is 18.5. The second-order valence-electron chi connectivity index (χ2n) is 8.18. The molecular formula is C27H44N4O3. The van der Waals surface area contributed by atoms with Crippen molar-refractivity contribution in [3.05, 3.63) is 35.9 Å². The minimum Gasteiger partial charge on any atom is -0.368 e. The van der Waals surface area contributed by atoms with Crippen LogP contribution in [0.15, 0.2) is 30.3 Å². The van der Waals surface area contributed by atoms with Crippen LogP contribution in [0.2, 0.25) is 0 Å². The highest BCUT2D eigenvalue weighted by atomic mass is 16.2. The molecule has 3 fully saturated rings. The van der Waals surface area contributed by atoms with Gasteiger partial charge >= 0.3 is 0 Å². The highest BCUT2D eigenvalue weighted by molar-refractivity contribution is 5.95. The van der Waals surface area contributed by atoms with Crippen LogP contribution in [-0.4, -0.2) is 41.8 Å². The molecular weight excluding hydrogens is 428 g/mol. The molecule has 1 aliphatic carbocycles. The standard InChI is InChI=1S/C15H18N2O2.C4H7NO.C3H5N.C3H8.C2H6/c16-13(18)12-7-4-10-17(12)14(19)15(8-9-15)11-5-2-1-3-6-11;6-4-2-1-3-5-4;1-2-3-4;1-3-2;1-2/h1-3,5-6,12H,4,7-10H2,(H2,16,18);1-3H2,(H,5,6);2H2,1H3;3H2,1-2H3;1-2H3/t12-;;;;/m0..../s1. The maximum atomic E-state index is 12.8. The molecule has 0 radical (unpaired) electrons. The Kier molecular flexibility index (Phi) is 16.1. The van der Waals surface area contributed by atoms with Crippen LogP contribution in [0.25, 0.3) is 0 Å². The molecule has 1 saturated carbocycles. The first-order chi connectivity index (χ1) is 16.4. The van der Waals surface area contributed by atoms with E-state index in [2.05, 4.69) is 19.2 Å². The molecule has 190 valence electrons. The third kappa shape index (κ3) is 9.94. The number of rotatable bonds is 3. The van der Waals surface area contributed by atoms with Gasteiger partial charge in [0.2, 0.25) is 17.7 Å². The Labute approximate surface area is 206 Å². The molecule has 2 saturated heterocycles. The summed E-state index contributed by atoms with van der Waals surface area (Å²) in [5.74, 6) is -0.0929. The number of carbonyl (C=O) groups is 3. The molecule has 2 aliphatic heterocycles. The van der Waals surface area contributed by atoms with E-state index in [1.54, 1.807) is 4.90 Å². The fourth-order valence-corrected chi connectivity index (χ4v) is 3.65. The SMILES string of the molecule is CC.CCC.CCC#N.NC(=O)[C@@H]1CCCN1C(=O)C1(c2ccccc2)CC1.O=C1CCCN1. The smallest absolute Gasteiger partial charge is 0.240 e. The van der Waals surface area contributed by atoms with Gasteiger partial charge in [0.15, 0.2) is 0 Å². The van der Waals surface area contributed by atoms with E-state index in [9.17, 15) is 14.4 Å². The molecule has 7 nitrogen and oxygen atoms in total. The van der Waals surface area contributed by atoms with E-state index >= 15 is 0 Å². The van der Waals surface area contributed by atoms with Gasteiger partial charge in [-0.15, -0.1) is 0 Å². The second kappa shape index (κ2) is 17.6. The number of nitrogens with one attached hydrogen (secondary N) is 1. The fraction of sp³-hybridized carbons (Fsp3) is 0.630. The Morgan fingerprint density at radius 2 is 1.71 bits per heavy atom. The number of nitriles is 1. The van der Waals surface area contributed by atoms with E-state index < -0.39 is 6.04 Å². The number of primary amides is 1. The zero-order valence-electron chi connectivity index (χ0n) is 21.7. The number of nitrogens with zero attached hydrogens (tertiary/aromatic N) is 2. The van der Waals surface area contributed by atoms with Crippen LogP contribution in [0, 0.1) is 11.3 Å². The molecule has 4 rings (SSSR count). The van der Waals surface area contributed by atoms with E-state index in [1.807, 2.05) is 57.2 Å². The van der Waals surface area contributed by atoms with Gasteiger partial charge in [-0.3, -0.25) is 14.4 Å². The Morgan fingerprint density at radius 1 is 1.15 bits per heavy atom. The molecule has 1 aromatic carbocycles. The van der Waals surface area contributed by atoms with Gasteiger partial charge in [0.1, 0.15) is 6.04 Å². The van der Waals surface area contributed by atoms with Crippen molar-refractivity contribution in [3.8, 4) is 6.07 Å². The molecule has 3 N–H and O–H groups in total. The van der Waals surface area contributed by atoms with Gasteiger partial charge in [0, 0.05) is 25.9 Å². The zero-order valence-corrected chi connectivity index (χ0v) is 21.7. The number of amides is 3. The van der Waals surface area contributed by atoms with Crippen molar-refractivity contribution < 1.29 is 14.4 Å². The lowest BCUT2D eigenvalue weighted by Gasteiger charge is -2.27. The molecule has 0 spiro atoms. The van der Waals surface area contributed by atoms with Crippen LogP contribution in [0.3, 0.4) is 0 Å². The van der Waals surface area contributed by atoms with E-state index in [1.165, 1.54) is 6.42 Å². The van der Waals surface area contributed by atoms with Crippen LogP contribution in [0.4, 0.5) is 0 Å². The predicted molar refractivity (Wildman–Crippen MR) is 137 cm³/mol. The van der Waals surface area contributed by atoms with Crippen molar-refractivity contribution in [3.63, 3.8) is 0 Å². The Balaban J connectivity index is 0.000000597. The number of carbonyl (C=O) groups excluding carboxylic acids is 3. The van der Waals surface area contributed by atoms with Gasteiger partial charge in [0.05, 0.1) is 11.5 Å². The summed E-state index contributed by atoms with van der Waals surface area (Å²) in [6.07, 6.45) is 6.95. The minimum atomic E-state index is -0.409. The van der Waals surface area contributed by atoms with Gasteiger partial charge in [-0.2, -0.15) is 5.26 Å². The van der Waals surface area contributed by atoms with Crippen LogP contribution in [0.5, 0.6) is 0 Å². The molecule has 0 aromatic heterocycles. The molecule has 3 aliphatic rings. The van der Waals surface area contributed by atoms with Crippen LogP contribution < -0.4 is 11.1 Å². The summed E-state index contributed by atoms with van der Waals surface area (Å²) >= 11 is 0. The molecule has 34 heavy (non-hydrogen) atoms. The molecule has 3 amide bonds. The summed E-state index contributed by atoms with van der Waals surface area (Å²) in [4.78, 5) is 36.0. The molecule has 0 unspecified atom stereocenters. The minimum absolute atomic E-state index is 0.0833. The van der Waals surface area contributed by atoms with Gasteiger partial charge in [-0.05, 0) is 37.7 Å². The van der Waals surface area contributed by atoms with Crippen molar-refractivity contribution in [2.75, 3.05) is 13.1 Å². The lowest BCUT2D eigenvalue weighted by Crippen LogP contribution is -2.47. The molecule has 7 heteroatoms. The number of benzene rings is 1. The molecule has 2 heterocycles. The summed E-state index contributed by atoms with van der Waals surface area (Å²) in [6, 6.07) is 11.4. The Bertz CT molecular complexity index is 762. The molecule has 1 aromatic rings. The quantitative estimate of drug-likeness (QED) is 0.676. The maximum absolute atomic E-state index is 12.8. The topological polar surface area (TPSA) is 116 Å². The molecule has 0 bridgehead atoms. The fourth-order valence-electron chi connectivity index (χ4n) is 3.65. The maximum Gasteiger partial charge on any atom is 0.240 e. The number of nitrogens with two attached hydrogens (primary N) is 1. The monoisotopic (exact) mass is 472 g/mol. The van der Waals surface area contributed by atoms with Gasteiger partial charge in [-0.1, -0.05) is 71.4 Å². The van der Waals surface area contributed by atoms with Crippen LogP contribution in [0.1, 0.15) is 91.5 Å². The first kappa shape index (κ1) is 31.1. The number of hydrogen-bond acceptors (Lipinski definition) is 4. The summed E-state index contributed by atoms with van der Waals surface area (Å²) in [6.45, 7) is 11.6. The van der Waals surface area contributed by atoms with Crippen molar-refractivity contribution in [2.45, 2.75) is 97.4 Å². The summed E-state index contributed by atoms with van der Waals surface area (Å²) < 4.78 is 0. The van der Waals surface area contributed by atoms with Crippen molar-refractivity contribution in [2.24, 2.45) is 5.73 Å². The second-order valence-corrected chi connectivity index (χ2v) is 8.18. The summed E-state index contributed by atoms with van der Waals surface area (Å²) in [7, 11) is 0. The Hall–Kier alpha value is -2.88. The summed E-state index contributed by atoms with van der Waals surface area (Å²) in [5.41, 5.74) is 6.07. The number of likely N-dealkylation sites (tertiary alicyclic amines) is 1. The van der Waals surface area contributed by atoms with E-state index in [0.29, 0.717) is 19.4 Å². The predicted octanol–water partition coefficient (Wildman–Crippen LogP) is 4.45. The third-order valence-corrected chi connectivity index (χ3v) is 5.39. The average Bonchev–Trinajstić information content (AvgIpc) is 3.26. The summed E-state index contributed by atoms with van der Waals surface area (Å²) in [5, 5.41) is 10.3. The van der Waals surface area contributed by atoms with E-state index in [4.69, 9.17) is 11.0 Å². The third-order valence-electron chi connectivity index (χ3n) is 5.39. The highest BCUT2D eigenvalue weighted by Gasteiger charge is 2.54. The van der Waals surface area contributed by atoms with Crippen LogP contribution >= 0.6 is 0 Å². The van der Waals surface area contributed by atoms with E-state index in [0.717, 1.165) is 44.2 Å². The highest BCUT2D eigenvalue weighted by Crippen LogP contribution is 2.50. The van der Waals surface area contributed by atoms with Crippen molar-refractivity contribution in [1.82, 2.24) is 10.2 Å². The first-order valence-electron chi connectivity index (χ1n) is 12.7. The van der Waals surface area contributed by atoms with Gasteiger partial charge in [0.25, 0.3) is 0 Å². The first-order valence-corrected chi connectivity index (χ1v) is 12.7. The van der Waals surface area contributed by atoms with Gasteiger partial charge in [-0.25, -0.2) is 0 Å². The largest absolute Gasteiger partial charge is 0.368 e. The lowest BCUT2D eigenvalue weighted by atomic mass is 9.94. The average molecular weight is 473 g/mol. The lowest BCUT2D eigenvalue weighted by molar-refractivity contribution is -0.139. The Morgan fingerprint density at radius 3 is 2.06 bits per heavy atom.